The Hall–Kier alpha value is -1.47. The van der Waals surface area contributed by atoms with Gasteiger partial charge in [0, 0.05) is 13.0 Å². The van der Waals surface area contributed by atoms with Crippen molar-refractivity contribution in [1.29, 1.82) is 0 Å². The SMILES string of the molecule is CCCCCCCCCCCCCCCCCCOCCc1nc(N)c2ncn(C[C@@H](COP(=O)(O)O)OCP(=O)(O)O)c2n1. The van der Waals surface area contributed by atoms with Crippen LogP contribution >= 0.6 is 15.4 Å². The summed E-state index contributed by atoms with van der Waals surface area (Å²) in [5.74, 6) is 0.596. The molecular weight excluding hydrogens is 624 g/mol. The van der Waals surface area contributed by atoms with Crippen LogP contribution in [0.5, 0.6) is 0 Å². The second-order valence-corrected chi connectivity index (χ2v) is 14.5. The average Bonchev–Trinajstić information content (AvgIpc) is 3.37. The summed E-state index contributed by atoms with van der Waals surface area (Å²) < 4.78 is 39.4. The number of phosphoric ester groups is 1. The highest BCUT2D eigenvalue weighted by Crippen LogP contribution is 2.37. The van der Waals surface area contributed by atoms with Gasteiger partial charge in [-0.25, -0.2) is 19.5 Å². The summed E-state index contributed by atoms with van der Waals surface area (Å²) in [6.07, 6.45) is 20.8. The molecule has 14 nitrogen and oxygen atoms in total. The highest BCUT2D eigenvalue weighted by atomic mass is 31.2. The van der Waals surface area contributed by atoms with Gasteiger partial charge in [-0.2, -0.15) is 0 Å². The van der Waals surface area contributed by atoms with Crippen LogP contribution in [0.1, 0.15) is 115 Å². The minimum absolute atomic E-state index is 0.109. The number of anilines is 1. The number of fused-ring (bicyclic) bond motifs is 1. The Bertz CT molecular complexity index is 1150. The minimum Gasteiger partial charge on any atom is -0.382 e. The molecule has 2 aromatic heterocycles. The number of unbranched alkanes of at least 4 members (excludes halogenated alkanes) is 15. The minimum atomic E-state index is -4.84. The molecule has 260 valence electrons. The van der Waals surface area contributed by atoms with Crippen molar-refractivity contribution < 1.29 is 42.7 Å². The number of nitrogens with zero attached hydrogens (tertiary/aromatic N) is 4. The molecule has 0 radical (unpaired) electrons. The van der Waals surface area contributed by atoms with Crippen molar-refractivity contribution >= 4 is 32.4 Å². The summed E-state index contributed by atoms with van der Waals surface area (Å²) >= 11 is 0. The molecule has 2 rings (SSSR count). The Morgan fingerprint density at radius 1 is 0.822 bits per heavy atom. The van der Waals surface area contributed by atoms with Crippen LogP contribution in [-0.4, -0.2) is 71.4 Å². The number of imidazole rings is 1. The number of phosphoric acid groups is 1. The van der Waals surface area contributed by atoms with Crippen molar-refractivity contribution in [2.45, 2.75) is 129 Å². The van der Waals surface area contributed by atoms with Crippen LogP contribution in [0.3, 0.4) is 0 Å². The van der Waals surface area contributed by atoms with E-state index in [9.17, 15) is 9.13 Å². The van der Waals surface area contributed by atoms with Gasteiger partial charge < -0.3 is 39.3 Å². The maximum atomic E-state index is 11.3. The van der Waals surface area contributed by atoms with Crippen LogP contribution in [0.2, 0.25) is 0 Å². The Morgan fingerprint density at radius 2 is 1.38 bits per heavy atom. The molecule has 0 unspecified atom stereocenters. The predicted molar refractivity (Wildman–Crippen MR) is 174 cm³/mol. The van der Waals surface area contributed by atoms with Crippen LogP contribution in [0.15, 0.2) is 6.33 Å². The van der Waals surface area contributed by atoms with Gasteiger partial charge in [0.1, 0.15) is 23.8 Å². The third-order valence-corrected chi connectivity index (χ3v) is 8.43. The maximum Gasteiger partial charge on any atom is 0.469 e. The van der Waals surface area contributed by atoms with E-state index in [-0.39, 0.29) is 12.4 Å². The molecule has 45 heavy (non-hydrogen) atoms. The molecule has 2 aromatic rings. The van der Waals surface area contributed by atoms with Gasteiger partial charge in [-0.1, -0.05) is 103 Å². The van der Waals surface area contributed by atoms with E-state index in [1.165, 1.54) is 101 Å². The summed E-state index contributed by atoms with van der Waals surface area (Å²) in [4.78, 5) is 49.3. The lowest BCUT2D eigenvalue weighted by Gasteiger charge is -2.19. The van der Waals surface area contributed by atoms with Gasteiger partial charge in [-0.15, -0.1) is 0 Å². The van der Waals surface area contributed by atoms with Crippen LogP contribution in [0.4, 0.5) is 5.82 Å². The molecule has 6 N–H and O–H groups in total. The van der Waals surface area contributed by atoms with Gasteiger partial charge in [0.2, 0.25) is 0 Å². The first-order valence-electron chi connectivity index (χ1n) is 16.4. The largest absolute Gasteiger partial charge is 0.469 e. The second kappa shape index (κ2) is 22.2. The Balaban J connectivity index is 1.63. The lowest BCUT2D eigenvalue weighted by atomic mass is 10.0. The first-order chi connectivity index (χ1) is 21.5. The van der Waals surface area contributed by atoms with E-state index in [0.29, 0.717) is 36.6 Å². The molecule has 0 aliphatic heterocycles. The van der Waals surface area contributed by atoms with Gasteiger partial charge in [0.15, 0.2) is 11.5 Å². The highest BCUT2D eigenvalue weighted by molar-refractivity contribution is 7.51. The number of nitrogen functional groups attached to an aromatic ring is 1. The lowest BCUT2D eigenvalue weighted by Crippen LogP contribution is -2.26. The maximum absolute atomic E-state index is 11.3. The van der Waals surface area contributed by atoms with Crippen LogP contribution in [0.25, 0.3) is 11.2 Å². The molecule has 0 saturated heterocycles. The fourth-order valence-corrected chi connectivity index (χ4v) is 5.80. The van der Waals surface area contributed by atoms with Gasteiger partial charge in [-0.3, -0.25) is 9.09 Å². The van der Waals surface area contributed by atoms with Crippen molar-refractivity contribution in [2.24, 2.45) is 0 Å². The monoisotopic (exact) mass is 679 g/mol. The topological polar surface area (TPSA) is 212 Å². The smallest absolute Gasteiger partial charge is 0.382 e. The van der Waals surface area contributed by atoms with E-state index in [1.54, 1.807) is 0 Å². The number of nitrogens with two attached hydrogens (primary N) is 1. The van der Waals surface area contributed by atoms with Crippen molar-refractivity contribution in [3.05, 3.63) is 12.2 Å². The molecule has 1 atom stereocenters. The molecule has 0 fully saturated rings. The van der Waals surface area contributed by atoms with E-state index in [1.807, 2.05) is 0 Å². The molecule has 0 spiro atoms. The van der Waals surface area contributed by atoms with Crippen LogP contribution in [0, 0.1) is 0 Å². The number of ether oxygens (including phenoxy) is 2. The normalized spacial score (nSPS) is 13.2. The zero-order chi connectivity index (χ0) is 33.0. The van der Waals surface area contributed by atoms with Crippen molar-refractivity contribution in [3.63, 3.8) is 0 Å². The first kappa shape index (κ1) is 39.7. The fourth-order valence-electron chi connectivity index (χ4n) is 5.03. The van der Waals surface area contributed by atoms with Crippen molar-refractivity contribution in [1.82, 2.24) is 19.5 Å². The zero-order valence-electron chi connectivity index (χ0n) is 26.8. The average molecular weight is 680 g/mol. The molecule has 2 heterocycles. The van der Waals surface area contributed by atoms with Crippen LogP contribution in [-0.2, 0) is 36.1 Å². The van der Waals surface area contributed by atoms with Gasteiger partial charge in [0.05, 0.1) is 26.1 Å². The quantitative estimate of drug-likeness (QED) is 0.0527. The number of hydrogen-bond donors (Lipinski definition) is 5. The molecule has 0 aliphatic carbocycles. The Morgan fingerprint density at radius 3 is 1.91 bits per heavy atom. The summed E-state index contributed by atoms with van der Waals surface area (Å²) in [6, 6.07) is 0. The van der Waals surface area contributed by atoms with E-state index < -0.39 is 34.5 Å². The Labute approximate surface area is 267 Å². The van der Waals surface area contributed by atoms with Gasteiger partial charge in [0.25, 0.3) is 0 Å². The summed E-state index contributed by atoms with van der Waals surface area (Å²) in [5, 5.41) is 0. The van der Waals surface area contributed by atoms with E-state index in [0.717, 1.165) is 12.8 Å². The molecule has 0 aliphatic rings. The van der Waals surface area contributed by atoms with Crippen LogP contribution < -0.4 is 5.73 Å². The van der Waals surface area contributed by atoms with E-state index in [2.05, 4.69) is 26.4 Å². The summed E-state index contributed by atoms with van der Waals surface area (Å²) in [6.45, 7) is 2.61. The number of hydrogen-bond acceptors (Lipinski definition) is 9. The third-order valence-electron chi connectivity index (χ3n) is 7.46. The highest BCUT2D eigenvalue weighted by Gasteiger charge is 2.24. The van der Waals surface area contributed by atoms with E-state index >= 15 is 0 Å². The molecule has 0 amide bonds. The number of aromatic nitrogens is 4. The molecule has 0 saturated carbocycles. The molecular formula is C29H55N5O9P2. The standard InChI is InChI=1S/C29H55N5O9P2/c1-2-3-4-5-6-7-8-9-10-11-12-13-14-15-16-17-19-41-20-18-26-32-28(30)27-29(33-26)34(23-31-27)21-25(22-43-45(38,39)40)42-24-44(35,36)37/h23,25H,2-22,24H2,1H3,(H2,30,32,33)(H2,35,36,37)(H2,38,39,40)/t25-/m0/s1. The zero-order valence-corrected chi connectivity index (χ0v) is 28.6. The summed E-state index contributed by atoms with van der Waals surface area (Å²) in [5.41, 5.74) is 6.74. The fraction of sp³-hybridized carbons (Fsp3) is 0.828. The van der Waals surface area contributed by atoms with Gasteiger partial charge in [-0.05, 0) is 6.42 Å². The predicted octanol–water partition coefficient (Wildman–Crippen LogP) is 5.86. The third kappa shape index (κ3) is 19.1. The summed E-state index contributed by atoms with van der Waals surface area (Å²) in [7, 11) is -9.37. The molecule has 0 bridgehead atoms. The molecule has 16 heteroatoms. The van der Waals surface area contributed by atoms with Gasteiger partial charge >= 0.3 is 15.4 Å². The Kier molecular flexibility index (Phi) is 19.6. The van der Waals surface area contributed by atoms with Crippen molar-refractivity contribution in [2.75, 3.05) is 31.9 Å². The number of rotatable bonds is 28. The lowest BCUT2D eigenvalue weighted by molar-refractivity contribution is 0.0189. The first-order valence-corrected chi connectivity index (χ1v) is 19.7. The van der Waals surface area contributed by atoms with Crippen molar-refractivity contribution in [3.8, 4) is 0 Å². The van der Waals surface area contributed by atoms with E-state index in [4.69, 9.17) is 34.8 Å². The molecule has 0 aromatic carbocycles. The second-order valence-electron chi connectivity index (χ2n) is 11.6.